The van der Waals surface area contributed by atoms with Crippen LogP contribution in [0.25, 0.3) is 10.9 Å². The number of carbonyl (C=O) groups is 4. The third-order valence-corrected chi connectivity index (χ3v) is 12.2. The Hall–Kier alpha value is -3.51. The number of H-pyrrole nitrogens is 1. The second-order valence-corrected chi connectivity index (χ2v) is 15.2. The van der Waals surface area contributed by atoms with Crippen LogP contribution in [0.2, 0.25) is 0 Å². The smallest absolute Gasteiger partial charge is 0.245 e. The van der Waals surface area contributed by atoms with Gasteiger partial charge in [-0.25, -0.2) is 4.39 Å². The number of fused-ring (bicyclic) bond motifs is 2. The molecule has 4 amide bonds. The van der Waals surface area contributed by atoms with Gasteiger partial charge in [0.15, 0.2) is 0 Å². The lowest BCUT2D eigenvalue weighted by Crippen LogP contribution is -2.58. The summed E-state index contributed by atoms with van der Waals surface area (Å²) in [7, 11) is 3.46. The molecule has 0 radical (unpaired) electrons. The number of halogens is 1. The van der Waals surface area contributed by atoms with Crippen molar-refractivity contribution in [2.45, 2.75) is 127 Å². The van der Waals surface area contributed by atoms with E-state index in [-0.39, 0.29) is 59.3 Å². The predicted octanol–water partition coefficient (Wildman–Crippen LogP) is 3.55. The summed E-state index contributed by atoms with van der Waals surface area (Å²) in [6, 6.07) is 3.78. The van der Waals surface area contributed by atoms with Gasteiger partial charge < -0.3 is 36.1 Å². The Bertz CT molecular complexity index is 1480. The number of likely N-dealkylation sites (N-methyl/N-ethyl adjacent to an activating group) is 2. The second-order valence-electron chi connectivity index (χ2n) is 15.2. The number of amides is 4. The molecule has 0 bridgehead atoms. The van der Waals surface area contributed by atoms with E-state index < -0.39 is 24.2 Å². The zero-order chi connectivity index (χ0) is 35.5. The third-order valence-electron chi connectivity index (χ3n) is 12.2. The van der Waals surface area contributed by atoms with Crippen LogP contribution in [0, 0.1) is 17.7 Å². The molecule has 4 fully saturated rings. The molecule has 7 atom stereocenters. The Balaban J connectivity index is 1.35. The molecule has 2 aliphatic heterocycles. The van der Waals surface area contributed by atoms with E-state index in [1.54, 1.807) is 34.0 Å². The maximum absolute atomic E-state index is 14.8. The van der Waals surface area contributed by atoms with Crippen molar-refractivity contribution >= 4 is 34.5 Å². The van der Waals surface area contributed by atoms with Gasteiger partial charge in [-0.05, 0) is 96.1 Å². The highest BCUT2D eigenvalue weighted by Gasteiger charge is 2.55. The molecule has 1 aromatic carbocycles. The van der Waals surface area contributed by atoms with E-state index in [1.165, 1.54) is 12.1 Å². The lowest BCUT2D eigenvalue weighted by Gasteiger charge is -2.36. The number of aromatic nitrogens is 1. The minimum Gasteiger partial charge on any atom is -0.358 e. The van der Waals surface area contributed by atoms with Crippen molar-refractivity contribution in [1.29, 1.82) is 0 Å². The van der Waals surface area contributed by atoms with Crippen molar-refractivity contribution in [1.82, 2.24) is 36.1 Å². The third kappa shape index (κ3) is 7.42. The summed E-state index contributed by atoms with van der Waals surface area (Å²) in [5.74, 6) is -1.11. The second kappa shape index (κ2) is 15.8. The van der Waals surface area contributed by atoms with E-state index in [0.717, 1.165) is 80.8 Å². The number of aromatic amines is 1. The molecule has 274 valence electrons. The zero-order valence-electron chi connectivity index (χ0n) is 30.1. The van der Waals surface area contributed by atoms with Gasteiger partial charge in [-0.1, -0.05) is 38.5 Å². The summed E-state index contributed by atoms with van der Waals surface area (Å²) in [4.78, 5) is 63.4. The van der Waals surface area contributed by atoms with Gasteiger partial charge >= 0.3 is 0 Å². The highest BCUT2D eigenvalue weighted by molar-refractivity contribution is 5.92. The fourth-order valence-electron chi connectivity index (χ4n) is 9.07. The Morgan fingerprint density at radius 1 is 0.760 bits per heavy atom. The van der Waals surface area contributed by atoms with Gasteiger partial charge in [0.1, 0.15) is 17.9 Å². The number of likely N-dealkylation sites (tertiary alicyclic amines) is 2. The van der Waals surface area contributed by atoms with E-state index in [9.17, 15) is 23.6 Å². The van der Waals surface area contributed by atoms with Crippen molar-refractivity contribution in [3.63, 3.8) is 0 Å². The van der Waals surface area contributed by atoms with Crippen LogP contribution in [0.5, 0.6) is 0 Å². The maximum atomic E-state index is 14.8. The van der Waals surface area contributed by atoms with Gasteiger partial charge in [-0.2, -0.15) is 0 Å². The van der Waals surface area contributed by atoms with Crippen LogP contribution in [0.1, 0.15) is 96.1 Å². The Morgan fingerprint density at radius 3 is 1.84 bits per heavy atom. The number of hydrogen-bond acceptors (Lipinski definition) is 6. The van der Waals surface area contributed by atoms with E-state index in [2.05, 4.69) is 26.3 Å². The average molecular weight is 694 g/mol. The molecule has 1 aromatic heterocycles. The van der Waals surface area contributed by atoms with Gasteiger partial charge in [0.05, 0.1) is 24.2 Å². The molecule has 2 aliphatic carbocycles. The van der Waals surface area contributed by atoms with Crippen molar-refractivity contribution in [3.8, 4) is 0 Å². The van der Waals surface area contributed by atoms with Crippen LogP contribution in [-0.2, 0) is 19.2 Å². The monoisotopic (exact) mass is 693 g/mol. The number of carbonyl (C=O) groups excluding carboxylic acids is 4. The first kappa shape index (κ1) is 36.3. The van der Waals surface area contributed by atoms with Crippen LogP contribution >= 0.6 is 0 Å². The minimum absolute atomic E-state index is 0.0389. The summed E-state index contributed by atoms with van der Waals surface area (Å²) in [5.41, 5.74) is 1.64. The zero-order valence-corrected chi connectivity index (χ0v) is 30.1. The van der Waals surface area contributed by atoms with Crippen molar-refractivity contribution in [2.24, 2.45) is 11.8 Å². The van der Waals surface area contributed by atoms with Crippen LogP contribution < -0.4 is 21.3 Å². The molecule has 2 aromatic rings. The van der Waals surface area contributed by atoms with E-state index >= 15 is 0 Å². The summed E-state index contributed by atoms with van der Waals surface area (Å²) in [5, 5.41) is 13.0. The molecule has 2 saturated carbocycles. The van der Waals surface area contributed by atoms with Crippen LogP contribution in [0.15, 0.2) is 24.3 Å². The normalized spacial score (nSPS) is 25.6. The summed E-state index contributed by atoms with van der Waals surface area (Å²) in [6.07, 6.45) is 10.4. The largest absolute Gasteiger partial charge is 0.358 e. The molecule has 5 N–H and O–H groups in total. The van der Waals surface area contributed by atoms with E-state index in [4.69, 9.17) is 0 Å². The van der Waals surface area contributed by atoms with E-state index in [1.807, 2.05) is 15.9 Å². The minimum atomic E-state index is -0.656. The fraction of sp³-hybridized carbons (Fsp3) is 0.684. The molecule has 4 aliphatic rings. The Kier molecular flexibility index (Phi) is 11.5. The van der Waals surface area contributed by atoms with E-state index in [0.29, 0.717) is 19.5 Å². The molecule has 2 saturated heterocycles. The maximum Gasteiger partial charge on any atom is 0.245 e. The first-order valence-corrected chi connectivity index (χ1v) is 19.0. The van der Waals surface area contributed by atoms with Crippen molar-refractivity contribution in [2.75, 3.05) is 27.2 Å². The highest BCUT2D eigenvalue weighted by atomic mass is 19.1. The molecule has 0 spiro atoms. The van der Waals surface area contributed by atoms with Gasteiger partial charge in [0.25, 0.3) is 0 Å². The predicted molar refractivity (Wildman–Crippen MR) is 191 cm³/mol. The first-order valence-electron chi connectivity index (χ1n) is 19.0. The Morgan fingerprint density at radius 2 is 1.30 bits per heavy atom. The quantitative estimate of drug-likeness (QED) is 0.244. The molecular formula is C38H56FN7O4. The first-order chi connectivity index (χ1) is 24.1. The number of nitrogens with zero attached hydrogens (tertiary/aromatic N) is 2. The number of hydrogen-bond donors (Lipinski definition) is 5. The molecule has 3 heterocycles. The van der Waals surface area contributed by atoms with Crippen LogP contribution in [-0.4, -0.2) is 102 Å². The molecule has 12 heteroatoms. The standard InChI is InChI=1S/C38H56FN7O4/c1-22(40-3)35(47)43-32(24-11-7-5-8-12-24)37(49)45-18-17-31-34(45)28(30-20-26-19-27(39)15-16-29(26)42-30)21-46(31)38(50)33(25-13-9-6-10-14-25)44-36(48)23(2)41-4/h15-16,19-20,22-25,28,31-34,40-42H,5-14,17-18,21H2,1-4H3,(H,43,47)(H,44,48)/t22-,23-,28+,31+,32-,33-,34+/m0/s1. The topological polar surface area (TPSA) is 139 Å². The summed E-state index contributed by atoms with van der Waals surface area (Å²) < 4.78 is 14.3. The van der Waals surface area contributed by atoms with Crippen molar-refractivity contribution < 1.29 is 23.6 Å². The van der Waals surface area contributed by atoms with Crippen LogP contribution in [0.3, 0.4) is 0 Å². The highest BCUT2D eigenvalue weighted by Crippen LogP contribution is 2.43. The van der Waals surface area contributed by atoms with Crippen molar-refractivity contribution in [3.05, 3.63) is 35.8 Å². The van der Waals surface area contributed by atoms with Crippen LogP contribution in [0.4, 0.5) is 4.39 Å². The lowest BCUT2D eigenvalue weighted by atomic mass is 9.82. The summed E-state index contributed by atoms with van der Waals surface area (Å²) >= 11 is 0. The summed E-state index contributed by atoms with van der Waals surface area (Å²) in [6.45, 7) is 4.40. The van der Waals surface area contributed by atoms with Gasteiger partial charge in [0, 0.05) is 35.6 Å². The van der Waals surface area contributed by atoms with Gasteiger partial charge in [0.2, 0.25) is 23.6 Å². The molecular weight excluding hydrogens is 637 g/mol. The van der Waals surface area contributed by atoms with Gasteiger partial charge in [-0.15, -0.1) is 0 Å². The number of rotatable bonds is 11. The fourth-order valence-corrected chi connectivity index (χ4v) is 9.07. The molecule has 6 rings (SSSR count). The molecule has 50 heavy (non-hydrogen) atoms. The SMILES string of the molecule is CN[C@@H](C)C(=O)N[C@H](C(=O)N1CC[C@@H]2[C@H]1[C@@H](c1cc3cc(F)ccc3[nH]1)CN2C(=O)[C@@H](NC(=O)[C@H](C)NC)C1CCCCC1)C1CCCCC1. The number of nitrogens with one attached hydrogen (secondary N) is 5. The lowest BCUT2D eigenvalue weighted by molar-refractivity contribution is -0.141. The Labute approximate surface area is 295 Å². The van der Waals surface area contributed by atoms with Gasteiger partial charge in [-0.3, -0.25) is 19.2 Å². The molecule has 11 nitrogen and oxygen atoms in total. The molecule has 0 unspecified atom stereocenters. The number of benzene rings is 1. The average Bonchev–Trinajstić information content (AvgIpc) is 3.86.